The van der Waals surface area contributed by atoms with E-state index < -0.39 is 5.41 Å². The van der Waals surface area contributed by atoms with E-state index in [4.69, 9.17) is 8.83 Å². The second-order valence-electron chi connectivity index (χ2n) is 24.0. The Hall–Kier alpha value is -9.18. The highest BCUT2D eigenvalue weighted by Crippen LogP contribution is 2.64. The van der Waals surface area contributed by atoms with Crippen molar-refractivity contribution in [3.05, 3.63) is 257 Å². The number of fused-ring (bicyclic) bond motifs is 19. The fourth-order valence-corrected chi connectivity index (χ4v) is 14.8. The quantitative estimate of drug-likeness (QED) is 0.166. The molecule has 0 atom stereocenters. The molecule has 0 saturated heterocycles. The molecule has 11 aromatic carbocycles. The largest absolute Gasteiger partial charge is 0.455 e. The van der Waals surface area contributed by atoms with E-state index in [0.29, 0.717) is 0 Å². The maximum Gasteiger partial charge on any atom is 0.144 e. The Morgan fingerprint density at radius 2 is 0.810 bits per heavy atom. The predicted octanol–water partition coefficient (Wildman–Crippen LogP) is 21.2. The van der Waals surface area contributed by atoms with Crippen LogP contribution in [-0.4, -0.2) is 0 Å². The van der Waals surface area contributed by atoms with Crippen molar-refractivity contribution >= 4 is 60.9 Å². The van der Waals surface area contributed by atoms with E-state index in [1.807, 2.05) is 0 Å². The highest BCUT2D eigenvalue weighted by molar-refractivity contribution is 6.22. The standard InChI is InChI=1S/C76H57NO2/c1-44-22-20-27-47(40-44)57-43-61-64(66-55-29-15-18-34-62(55)78-72(57)66)53-38-36-48(41-59(53)74(61,2)3)77(71-50(45-23-10-8-11-24-45)31-21-32-51(71)46-25-12-9-13-26-46)49-37-39-54-60(42-49)76(6,7)70-68(54)73-67(56-30-16-19-35-63(56)79-73)65-52-28-14-17-33-58(52)75(4,5)69(65)70/h8-43H,1-7H3. The molecule has 0 unspecified atom stereocenters. The molecule has 16 rings (SSSR count). The summed E-state index contributed by atoms with van der Waals surface area (Å²) in [6.45, 7) is 16.8. The van der Waals surface area contributed by atoms with Gasteiger partial charge in [-0.1, -0.05) is 223 Å². The molecular weight excluding hydrogens is 959 g/mol. The Kier molecular flexibility index (Phi) is 9.42. The summed E-state index contributed by atoms with van der Waals surface area (Å²) < 4.78 is 14.1. The highest BCUT2D eigenvalue weighted by Gasteiger charge is 2.49. The summed E-state index contributed by atoms with van der Waals surface area (Å²) in [6.07, 6.45) is 0. The zero-order chi connectivity index (χ0) is 53.3. The topological polar surface area (TPSA) is 29.5 Å². The molecule has 0 radical (unpaired) electrons. The van der Waals surface area contributed by atoms with E-state index in [0.717, 1.165) is 78.2 Å². The van der Waals surface area contributed by atoms with Crippen LogP contribution in [0.25, 0.3) is 111 Å². The lowest BCUT2D eigenvalue weighted by Crippen LogP contribution is -2.24. The lowest BCUT2D eigenvalue weighted by atomic mass is 9.72. The van der Waals surface area contributed by atoms with Crippen molar-refractivity contribution < 1.29 is 8.83 Å². The third-order valence-electron chi connectivity index (χ3n) is 18.4. The molecule has 0 bridgehead atoms. The second kappa shape index (κ2) is 16.2. The number of furan rings is 2. The summed E-state index contributed by atoms with van der Waals surface area (Å²) in [5, 5.41) is 4.70. The zero-order valence-corrected chi connectivity index (χ0v) is 45.5. The van der Waals surface area contributed by atoms with Gasteiger partial charge >= 0.3 is 0 Å². The Morgan fingerprint density at radius 1 is 0.329 bits per heavy atom. The zero-order valence-electron chi connectivity index (χ0n) is 45.5. The van der Waals surface area contributed by atoms with Crippen molar-refractivity contribution in [2.75, 3.05) is 4.90 Å². The summed E-state index contributed by atoms with van der Waals surface area (Å²) in [6, 6.07) is 80.8. The molecule has 3 aliphatic carbocycles. The smallest absolute Gasteiger partial charge is 0.144 e. The van der Waals surface area contributed by atoms with E-state index in [-0.39, 0.29) is 10.8 Å². The first kappa shape index (κ1) is 46.0. The summed E-state index contributed by atoms with van der Waals surface area (Å²) in [5.41, 5.74) is 29.8. The van der Waals surface area contributed by atoms with Crippen molar-refractivity contribution in [2.45, 2.75) is 64.7 Å². The minimum atomic E-state index is -0.403. The Balaban J connectivity index is 0.972. The molecule has 3 heteroatoms. The van der Waals surface area contributed by atoms with Crippen LogP contribution in [0.4, 0.5) is 17.1 Å². The fraction of sp³-hybridized carbons (Fsp3) is 0.132. The molecule has 0 fully saturated rings. The summed E-state index contributed by atoms with van der Waals surface area (Å²) >= 11 is 0. The lowest BCUT2D eigenvalue weighted by molar-refractivity contribution is 0.600. The van der Waals surface area contributed by atoms with E-state index in [1.54, 1.807) is 0 Å². The number of para-hydroxylation sites is 3. The van der Waals surface area contributed by atoms with Gasteiger partial charge in [0.25, 0.3) is 0 Å². The summed E-state index contributed by atoms with van der Waals surface area (Å²) in [7, 11) is 0. The normalized spacial score (nSPS) is 14.8. The molecule has 2 heterocycles. The number of aryl methyl sites for hydroxylation is 1. The predicted molar refractivity (Wildman–Crippen MR) is 329 cm³/mol. The number of hydrogen-bond acceptors (Lipinski definition) is 3. The van der Waals surface area contributed by atoms with Gasteiger partial charge in [-0.25, -0.2) is 0 Å². The van der Waals surface area contributed by atoms with Crippen LogP contribution in [0.1, 0.15) is 80.5 Å². The van der Waals surface area contributed by atoms with Gasteiger partial charge in [0.15, 0.2) is 0 Å². The molecule has 0 N–H and O–H groups in total. The van der Waals surface area contributed by atoms with Crippen molar-refractivity contribution in [3.63, 3.8) is 0 Å². The van der Waals surface area contributed by atoms with Crippen LogP contribution in [0.15, 0.2) is 227 Å². The molecule has 2 aromatic heterocycles. The first-order valence-electron chi connectivity index (χ1n) is 27.9. The average Bonchev–Trinajstić information content (AvgIpc) is 2.05. The average molecular weight is 1020 g/mol. The van der Waals surface area contributed by atoms with Crippen LogP contribution >= 0.6 is 0 Å². The lowest BCUT2D eigenvalue weighted by Gasteiger charge is -2.33. The number of anilines is 3. The highest BCUT2D eigenvalue weighted by atomic mass is 16.3. The number of hydrogen-bond donors (Lipinski definition) is 0. The molecule has 0 spiro atoms. The Bertz CT molecular complexity index is 4700. The molecule has 0 aliphatic heterocycles. The van der Waals surface area contributed by atoms with Gasteiger partial charge < -0.3 is 13.7 Å². The van der Waals surface area contributed by atoms with E-state index in [9.17, 15) is 0 Å². The monoisotopic (exact) mass is 1020 g/mol. The third kappa shape index (κ3) is 6.24. The minimum absolute atomic E-state index is 0.250. The second-order valence-corrected chi connectivity index (χ2v) is 24.0. The Morgan fingerprint density at radius 3 is 1.46 bits per heavy atom. The van der Waals surface area contributed by atoms with Crippen LogP contribution in [-0.2, 0) is 16.2 Å². The van der Waals surface area contributed by atoms with Gasteiger partial charge in [0.1, 0.15) is 22.3 Å². The van der Waals surface area contributed by atoms with Crippen LogP contribution in [0.3, 0.4) is 0 Å². The molecule has 13 aromatic rings. The maximum atomic E-state index is 7.16. The molecule has 3 nitrogen and oxygen atoms in total. The van der Waals surface area contributed by atoms with Gasteiger partial charge in [0.05, 0.1) is 5.69 Å². The van der Waals surface area contributed by atoms with Crippen molar-refractivity contribution in [1.29, 1.82) is 0 Å². The van der Waals surface area contributed by atoms with Gasteiger partial charge in [0, 0.05) is 71.4 Å². The summed E-state index contributed by atoms with van der Waals surface area (Å²) in [5.74, 6) is 0. The number of nitrogens with zero attached hydrogens (tertiary/aromatic N) is 1. The molecule has 79 heavy (non-hydrogen) atoms. The van der Waals surface area contributed by atoms with Crippen molar-refractivity contribution in [1.82, 2.24) is 0 Å². The minimum Gasteiger partial charge on any atom is -0.455 e. The molecule has 3 aliphatic rings. The van der Waals surface area contributed by atoms with Gasteiger partial charge in [-0.3, -0.25) is 0 Å². The first-order chi connectivity index (χ1) is 38.4. The molecule has 0 amide bonds. The third-order valence-corrected chi connectivity index (χ3v) is 18.4. The van der Waals surface area contributed by atoms with Gasteiger partial charge in [-0.05, 0) is 127 Å². The van der Waals surface area contributed by atoms with Crippen molar-refractivity contribution in [3.8, 4) is 66.8 Å². The van der Waals surface area contributed by atoms with Gasteiger partial charge in [0.2, 0.25) is 0 Å². The number of benzene rings is 11. The van der Waals surface area contributed by atoms with Crippen LogP contribution in [0, 0.1) is 6.92 Å². The maximum absolute atomic E-state index is 7.16. The van der Waals surface area contributed by atoms with E-state index in [1.165, 1.54) is 88.5 Å². The number of rotatable bonds is 6. The van der Waals surface area contributed by atoms with E-state index >= 15 is 0 Å². The molecular formula is C76H57NO2. The van der Waals surface area contributed by atoms with Crippen molar-refractivity contribution in [2.24, 2.45) is 0 Å². The summed E-state index contributed by atoms with van der Waals surface area (Å²) in [4.78, 5) is 2.57. The van der Waals surface area contributed by atoms with Crippen LogP contribution in [0.5, 0.6) is 0 Å². The van der Waals surface area contributed by atoms with Gasteiger partial charge in [-0.2, -0.15) is 0 Å². The first-order valence-corrected chi connectivity index (χ1v) is 27.9. The van der Waals surface area contributed by atoms with Crippen LogP contribution in [0.2, 0.25) is 0 Å². The fourth-order valence-electron chi connectivity index (χ4n) is 14.8. The molecule has 378 valence electrons. The van der Waals surface area contributed by atoms with Gasteiger partial charge in [-0.15, -0.1) is 0 Å². The SMILES string of the molecule is Cc1cccc(-c2cc3c(c4c2oc2ccccc24)-c2ccc(N(c4ccc5c(c4)C(C)(C)c4c6c(c7c(oc8ccccc87)c4-5)-c4ccccc4C6(C)C)c4c(-c5ccccc5)cccc4-c4ccccc4)cc2C3(C)C)c1. The van der Waals surface area contributed by atoms with Crippen LogP contribution < -0.4 is 4.90 Å². The van der Waals surface area contributed by atoms with E-state index in [2.05, 4.69) is 272 Å². The Labute approximate surface area is 461 Å². The molecule has 0 saturated carbocycles.